The molecule has 2 saturated heterocycles. The Balaban J connectivity index is 1.31. The molecule has 25 nitrogen and oxygen atoms in total. The number of likely N-dealkylation sites (N-methyl/N-ethyl adjacent to an activating group) is 7. The lowest BCUT2D eigenvalue weighted by Crippen LogP contribution is -2.71. The molecule has 4 aliphatic carbocycles. The summed E-state index contributed by atoms with van der Waals surface area (Å²) in [5.41, 5.74) is -2.58. The van der Waals surface area contributed by atoms with Gasteiger partial charge in [0, 0.05) is 76.6 Å². The van der Waals surface area contributed by atoms with E-state index in [2.05, 4.69) is 22.9 Å². The van der Waals surface area contributed by atoms with E-state index in [1.54, 1.807) is 13.0 Å². The molecule has 7 rings (SSSR count). The van der Waals surface area contributed by atoms with Crippen molar-refractivity contribution >= 4 is 70.9 Å². The predicted molar refractivity (Wildman–Crippen MR) is 385 cm³/mol. The molecule has 104 heavy (non-hydrogen) atoms. The molecule has 0 aromatic carbocycles. The Hall–Kier alpha value is -6.87. The highest BCUT2D eigenvalue weighted by molar-refractivity contribution is 6.01. The molecular formula is C76H123F3N12O13. The third-order valence-electron chi connectivity index (χ3n) is 24.0. The monoisotopic (exact) mass is 1470 g/mol. The van der Waals surface area contributed by atoms with E-state index in [1.165, 1.54) is 103 Å². The Morgan fingerprint density at radius 3 is 1.89 bits per heavy atom. The molecule has 3 heterocycles. The molecule has 4 saturated carbocycles. The number of amides is 12. The third-order valence-corrected chi connectivity index (χ3v) is 24.0. The Bertz CT molecular complexity index is 3140. The van der Waals surface area contributed by atoms with E-state index in [4.69, 9.17) is 4.74 Å². The molecule has 3 aliphatic heterocycles. The Labute approximate surface area is 614 Å². The molecule has 6 fully saturated rings. The number of nitrogens with one attached hydrogen (secondary N) is 3. The van der Waals surface area contributed by atoms with Crippen molar-refractivity contribution in [3.8, 4) is 0 Å². The first-order chi connectivity index (χ1) is 48.6. The second-order valence-electron chi connectivity index (χ2n) is 33.5. The zero-order valence-corrected chi connectivity index (χ0v) is 65.2. The lowest BCUT2D eigenvalue weighted by Gasteiger charge is -2.54. The molecule has 7 aliphatic rings. The number of nitrogens with zero attached hydrogens (tertiary/aromatic N) is 9. The number of hydrogen-bond donors (Lipinski definition) is 3. The summed E-state index contributed by atoms with van der Waals surface area (Å²) in [7, 11) is 12.8. The number of fused-ring (bicyclic) bond motifs is 3. The zero-order valence-electron chi connectivity index (χ0n) is 65.2. The molecule has 12 amide bonds. The van der Waals surface area contributed by atoms with Crippen LogP contribution in [0.25, 0.3) is 0 Å². The van der Waals surface area contributed by atoms with Crippen LogP contribution in [0.3, 0.4) is 0 Å². The molecule has 12 atom stereocenters. The number of rotatable bonds is 13. The summed E-state index contributed by atoms with van der Waals surface area (Å²) >= 11 is 0. The van der Waals surface area contributed by atoms with Crippen LogP contribution in [0.1, 0.15) is 197 Å². The second kappa shape index (κ2) is 35.2. The van der Waals surface area contributed by atoms with Crippen molar-refractivity contribution in [1.82, 2.24) is 60.0 Å². The first-order valence-corrected chi connectivity index (χ1v) is 38.2. The van der Waals surface area contributed by atoms with Gasteiger partial charge in [-0.25, -0.2) is 0 Å². The normalized spacial score (nSPS) is 31.6. The predicted octanol–water partition coefficient (Wildman–Crippen LogP) is 6.16. The van der Waals surface area contributed by atoms with Gasteiger partial charge in [0.05, 0.1) is 31.5 Å². The van der Waals surface area contributed by atoms with Gasteiger partial charge in [0.2, 0.25) is 70.9 Å². The van der Waals surface area contributed by atoms with Gasteiger partial charge in [-0.05, 0) is 137 Å². The van der Waals surface area contributed by atoms with Crippen LogP contribution in [-0.4, -0.2) is 271 Å². The van der Waals surface area contributed by atoms with Gasteiger partial charge < -0.3 is 64.8 Å². The Morgan fingerprint density at radius 2 is 1.32 bits per heavy atom. The number of halogens is 3. The molecule has 3 unspecified atom stereocenters. The Kier molecular flexibility index (Phi) is 28.6. The van der Waals surface area contributed by atoms with Gasteiger partial charge in [0.25, 0.3) is 0 Å². The van der Waals surface area contributed by atoms with E-state index in [0.29, 0.717) is 38.0 Å². The van der Waals surface area contributed by atoms with E-state index in [-0.39, 0.29) is 108 Å². The summed E-state index contributed by atoms with van der Waals surface area (Å²) in [4.78, 5) is 193. The molecule has 0 aromatic heterocycles. The number of carbonyl (C=O) groups is 12. The van der Waals surface area contributed by atoms with Gasteiger partial charge in [-0.2, -0.15) is 13.2 Å². The van der Waals surface area contributed by atoms with Crippen LogP contribution < -0.4 is 16.0 Å². The number of alkyl halides is 3. The molecule has 0 aromatic rings. The van der Waals surface area contributed by atoms with E-state index in [1.807, 2.05) is 47.6 Å². The van der Waals surface area contributed by atoms with Crippen molar-refractivity contribution in [2.24, 2.45) is 46.3 Å². The minimum atomic E-state index is -4.51. The Morgan fingerprint density at radius 1 is 0.683 bits per heavy atom. The van der Waals surface area contributed by atoms with Crippen molar-refractivity contribution in [3.63, 3.8) is 0 Å². The van der Waals surface area contributed by atoms with E-state index < -0.39 is 179 Å². The summed E-state index contributed by atoms with van der Waals surface area (Å²) in [5, 5.41) is 8.93. The molecule has 28 heteroatoms. The minimum absolute atomic E-state index is 0.00615. The third kappa shape index (κ3) is 20.2. The van der Waals surface area contributed by atoms with Crippen LogP contribution in [0.15, 0.2) is 12.2 Å². The number of ether oxygens (including phenoxy) is 1. The number of methoxy groups -OCH3 is 1. The van der Waals surface area contributed by atoms with Crippen molar-refractivity contribution in [3.05, 3.63) is 12.2 Å². The van der Waals surface area contributed by atoms with Crippen molar-refractivity contribution < 1.29 is 75.4 Å². The van der Waals surface area contributed by atoms with Crippen LogP contribution in [-0.2, 0) is 62.3 Å². The van der Waals surface area contributed by atoms with Crippen molar-refractivity contribution in [1.29, 1.82) is 0 Å². The van der Waals surface area contributed by atoms with E-state index in [9.17, 15) is 41.9 Å². The van der Waals surface area contributed by atoms with Crippen molar-refractivity contribution in [2.45, 2.75) is 263 Å². The number of hydrogen-bond acceptors (Lipinski definition) is 13. The highest BCUT2D eigenvalue weighted by Crippen LogP contribution is 2.56. The number of carbonyl (C=O) groups excluding carboxylic acids is 12. The quantitative estimate of drug-likeness (QED) is 0.175. The summed E-state index contributed by atoms with van der Waals surface area (Å²) in [5.74, 6) is -9.98. The average molecular weight is 1470 g/mol. The zero-order chi connectivity index (χ0) is 77.4. The maximum Gasteiger partial charge on any atom is 0.394 e. The standard InChI is InChI=1S/C76H123F3N12O13/c1-18-23-53-64(95)81-63(48(6)19-2)71(102)85(12)42-62(94)87(14)54-24-21-20-22-35-90(70(54)101)57(37-49-27-25-47(5)26-28-49)68(99)84(11)41-60(92)80-52(32-30-50-29-31-51(76(77,78)79)59(38-50)104-17)66(97)91-45-74(33-34-74)40-58(91)65(96)82-75(43-73(7,8)44-75)72(103)89(16)55(36-46(3)4)69(100)88(15)56(67(98)83(9)10)39-61(93)86(53)13/h20-21,46-59,63H,18-19,22-45H2,1-17H3,(H,80,92)(H,81,95)(H,82,96)/b21-20-/t47?,48-,49?,50?,51?,52-,53-,54-,55-,56-,57-,58-,59?,63-/m0/s1. The van der Waals surface area contributed by atoms with Gasteiger partial charge in [0.1, 0.15) is 53.9 Å². The summed E-state index contributed by atoms with van der Waals surface area (Å²) < 4.78 is 48.4. The fourth-order valence-corrected chi connectivity index (χ4v) is 17.3. The SMILES string of the molecule is CCC[C@H]1C(=O)N[C@@H]([C@@H](C)CC)C(=O)N(C)CC(=O)N(C)[C@H]2C/C=C\CCN(C2=O)[C@@H](CC2CCC(C)CC2)C(=O)N(C)CC(=O)N[C@@H](CCC2CCC(C(F)(F)F)C(OC)C2)C(=O)N2CC3(CC3)C[C@H]2C(=O)NC2(CC(C)(C)C2)C(=O)N(C)[C@@H](CC(C)C)C(=O)N(C)[C@H](C(=O)N(C)C)CC(=O)N1C. The van der Waals surface area contributed by atoms with Gasteiger partial charge in [-0.1, -0.05) is 106 Å². The topological polar surface area (TPSA) is 279 Å². The minimum Gasteiger partial charge on any atom is -0.381 e. The van der Waals surface area contributed by atoms with Gasteiger partial charge in [-0.15, -0.1) is 0 Å². The fraction of sp³-hybridized carbons (Fsp3) is 0.816. The lowest BCUT2D eigenvalue weighted by atomic mass is 9.58. The fourth-order valence-electron chi connectivity index (χ4n) is 17.3. The van der Waals surface area contributed by atoms with Gasteiger partial charge in [0.15, 0.2) is 0 Å². The molecule has 0 radical (unpaired) electrons. The maximum atomic E-state index is 15.7. The average Bonchev–Trinajstić information content (AvgIpc) is 0.771. The first kappa shape index (κ1) is 84.4. The summed E-state index contributed by atoms with van der Waals surface area (Å²) in [6.45, 7) is 14.3. The maximum absolute atomic E-state index is 15.7. The summed E-state index contributed by atoms with van der Waals surface area (Å²) in [6.07, 6.45) is 4.34. The van der Waals surface area contributed by atoms with Gasteiger partial charge in [-0.3, -0.25) is 57.5 Å². The molecule has 3 N–H and O–H groups in total. The van der Waals surface area contributed by atoms with Crippen LogP contribution in [0.5, 0.6) is 0 Å². The van der Waals surface area contributed by atoms with Crippen molar-refractivity contribution in [2.75, 3.05) is 89.7 Å². The van der Waals surface area contributed by atoms with Crippen LogP contribution in [0, 0.1) is 46.3 Å². The largest absolute Gasteiger partial charge is 0.394 e. The lowest BCUT2D eigenvalue weighted by molar-refractivity contribution is -0.215. The van der Waals surface area contributed by atoms with Crippen LogP contribution in [0.2, 0.25) is 0 Å². The van der Waals surface area contributed by atoms with Crippen LogP contribution >= 0.6 is 0 Å². The molecule has 2 spiro atoms. The summed E-state index contributed by atoms with van der Waals surface area (Å²) in [6, 6.07) is -9.89. The first-order valence-electron chi connectivity index (χ1n) is 38.2. The molecule has 2 bridgehead atoms. The highest BCUT2D eigenvalue weighted by atomic mass is 19.4. The van der Waals surface area contributed by atoms with Gasteiger partial charge >= 0.3 is 6.18 Å². The van der Waals surface area contributed by atoms with Crippen LogP contribution in [0.4, 0.5) is 13.2 Å². The molecule has 586 valence electrons. The molecular weight excluding hydrogens is 1350 g/mol. The van der Waals surface area contributed by atoms with E-state index >= 15 is 28.8 Å². The smallest absolute Gasteiger partial charge is 0.381 e. The van der Waals surface area contributed by atoms with E-state index in [0.717, 1.165) is 30.6 Å². The highest BCUT2D eigenvalue weighted by Gasteiger charge is 2.61. The second-order valence-corrected chi connectivity index (χ2v) is 33.5.